The Morgan fingerprint density at radius 2 is 1.50 bits per heavy atom. The van der Waals surface area contributed by atoms with E-state index in [1.54, 1.807) is 0 Å². The van der Waals surface area contributed by atoms with Crippen LogP contribution in [0.4, 0.5) is 0 Å². The highest BCUT2D eigenvalue weighted by molar-refractivity contribution is 7.95. The summed E-state index contributed by atoms with van der Waals surface area (Å²) in [5, 5.41) is 0. The van der Waals surface area contributed by atoms with Crippen molar-refractivity contribution in [1.82, 2.24) is 0 Å². The Bertz CT molecular complexity index is 207. The molecule has 0 aliphatic carbocycles. The van der Waals surface area contributed by atoms with Gasteiger partial charge in [-0.05, 0) is 23.6 Å². The first-order valence-electron chi connectivity index (χ1n) is 4.29. The van der Waals surface area contributed by atoms with Crippen LogP contribution in [0, 0.1) is 0 Å². The highest BCUT2D eigenvalue weighted by atomic mass is 32.2. The summed E-state index contributed by atoms with van der Waals surface area (Å²) >= 11 is 0. The highest BCUT2D eigenvalue weighted by Gasteiger charge is 2.07. The maximum Gasteiger partial charge on any atom is 0.154 e. The SMILES string of the molecule is CC(C)c1ccc([S+](C)C)cc1. The molecular formula is C11H17S+. The van der Waals surface area contributed by atoms with Crippen LogP contribution in [0.3, 0.4) is 0 Å². The molecule has 0 saturated carbocycles. The third-order valence-corrected chi connectivity index (χ3v) is 3.23. The number of hydrogen-bond acceptors (Lipinski definition) is 0. The van der Waals surface area contributed by atoms with Crippen LogP contribution in [0.15, 0.2) is 29.2 Å². The minimum Gasteiger partial charge on any atom is -0.0587 e. The summed E-state index contributed by atoms with van der Waals surface area (Å²) in [6.45, 7) is 4.46. The van der Waals surface area contributed by atoms with Crippen molar-refractivity contribution >= 4 is 10.9 Å². The lowest BCUT2D eigenvalue weighted by Crippen LogP contribution is -1.96. The molecule has 0 heterocycles. The van der Waals surface area contributed by atoms with Crippen molar-refractivity contribution in [2.45, 2.75) is 24.7 Å². The molecule has 0 aromatic heterocycles. The van der Waals surface area contributed by atoms with Gasteiger partial charge in [-0.25, -0.2) is 0 Å². The van der Waals surface area contributed by atoms with E-state index in [2.05, 4.69) is 50.6 Å². The second-order valence-electron chi connectivity index (χ2n) is 3.54. The smallest absolute Gasteiger partial charge is 0.0587 e. The van der Waals surface area contributed by atoms with Gasteiger partial charge in [0.1, 0.15) is 12.5 Å². The van der Waals surface area contributed by atoms with Crippen LogP contribution >= 0.6 is 0 Å². The molecule has 0 radical (unpaired) electrons. The molecule has 1 aromatic rings. The molecule has 12 heavy (non-hydrogen) atoms. The van der Waals surface area contributed by atoms with Crippen molar-refractivity contribution in [2.75, 3.05) is 12.5 Å². The molecule has 0 bridgehead atoms. The molecular weight excluding hydrogens is 164 g/mol. The number of rotatable bonds is 2. The molecule has 0 fully saturated rings. The second kappa shape index (κ2) is 3.99. The van der Waals surface area contributed by atoms with Crippen molar-refractivity contribution in [1.29, 1.82) is 0 Å². The van der Waals surface area contributed by atoms with E-state index >= 15 is 0 Å². The summed E-state index contributed by atoms with van der Waals surface area (Å²) < 4.78 is 0. The number of benzene rings is 1. The van der Waals surface area contributed by atoms with Gasteiger partial charge in [-0.3, -0.25) is 0 Å². The van der Waals surface area contributed by atoms with Crippen LogP contribution in [0.25, 0.3) is 0 Å². The lowest BCUT2D eigenvalue weighted by atomic mass is 10.0. The monoisotopic (exact) mass is 181 g/mol. The van der Waals surface area contributed by atoms with Crippen molar-refractivity contribution in [3.05, 3.63) is 29.8 Å². The normalized spacial score (nSPS) is 11.2. The molecule has 0 spiro atoms. The molecule has 1 aromatic carbocycles. The van der Waals surface area contributed by atoms with Crippen molar-refractivity contribution in [3.63, 3.8) is 0 Å². The van der Waals surface area contributed by atoms with E-state index in [0.717, 1.165) is 0 Å². The largest absolute Gasteiger partial charge is 0.154 e. The molecule has 1 heteroatoms. The fourth-order valence-corrected chi connectivity index (χ4v) is 1.81. The van der Waals surface area contributed by atoms with Crippen molar-refractivity contribution in [2.24, 2.45) is 0 Å². The van der Waals surface area contributed by atoms with E-state index in [-0.39, 0.29) is 0 Å². The fraction of sp³-hybridized carbons (Fsp3) is 0.455. The van der Waals surface area contributed by atoms with Crippen LogP contribution in [0.5, 0.6) is 0 Å². The van der Waals surface area contributed by atoms with Gasteiger partial charge in [0.25, 0.3) is 0 Å². The van der Waals surface area contributed by atoms with Crippen LogP contribution < -0.4 is 0 Å². The van der Waals surface area contributed by atoms with Crippen LogP contribution in [0.1, 0.15) is 25.3 Å². The molecule has 0 aliphatic heterocycles. The Balaban J connectivity index is 2.86. The van der Waals surface area contributed by atoms with E-state index < -0.39 is 0 Å². The molecule has 0 unspecified atom stereocenters. The first-order chi connectivity index (χ1) is 5.61. The van der Waals surface area contributed by atoms with Gasteiger partial charge in [-0.1, -0.05) is 26.0 Å². The first kappa shape index (κ1) is 9.66. The molecule has 0 saturated heterocycles. The van der Waals surface area contributed by atoms with Crippen LogP contribution in [-0.2, 0) is 10.9 Å². The molecule has 0 amide bonds. The third-order valence-electron chi connectivity index (χ3n) is 2.02. The third kappa shape index (κ3) is 2.28. The Hall–Kier alpha value is -0.430. The van der Waals surface area contributed by atoms with Gasteiger partial charge in [0.2, 0.25) is 0 Å². The Morgan fingerprint density at radius 3 is 1.83 bits per heavy atom. The van der Waals surface area contributed by atoms with Crippen molar-refractivity contribution < 1.29 is 0 Å². The second-order valence-corrected chi connectivity index (χ2v) is 5.64. The van der Waals surface area contributed by atoms with Crippen molar-refractivity contribution in [3.8, 4) is 0 Å². The summed E-state index contributed by atoms with van der Waals surface area (Å²) in [5.41, 5.74) is 1.43. The molecule has 0 aliphatic rings. The van der Waals surface area contributed by atoms with Gasteiger partial charge in [-0.15, -0.1) is 0 Å². The number of hydrogen-bond donors (Lipinski definition) is 0. The Morgan fingerprint density at radius 1 is 1.00 bits per heavy atom. The summed E-state index contributed by atoms with van der Waals surface area (Å²) in [6, 6.07) is 8.98. The minimum absolute atomic E-state index is 0.400. The molecule has 0 atom stereocenters. The maximum atomic E-state index is 2.25. The van der Waals surface area contributed by atoms with Crippen LogP contribution in [-0.4, -0.2) is 12.5 Å². The van der Waals surface area contributed by atoms with Gasteiger partial charge in [0, 0.05) is 10.9 Å². The highest BCUT2D eigenvalue weighted by Crippen LogP contribution is 2.16. The minimum atomic E-state index is 0.400. The lowest BCUT2D eigenvalue weighted by molar-refractivity contribution is 0.865. The Labute approximate surface area is 78.3 Å². The van der Waals surface area contributed by atoms with E-state index in [1.807, 2.05) is 0 Å². The molecule has 66 valence electrons. The predicted octanol–water partition coefficient (Wildman–Crippen LogP) is 3.05. The summed E-state index contributed by atoms with van der Waals surface area (Å²) in [4.78, 5) is 1.46. The summed E-state index contributed by atoms with van der Waals surface area (Å²) in [7, 11) is 0.400. The zero-order valence-electron chi connectivity index (χ0n) is 8.29. The average molecular weight is 181 g/mol. The molecule has 0 nitrogen and oxygen atoms in total. The zero-order valence-corrected chi connectivity index (χ0v) is 9.11. The standard InChI is InChI=1S/C11H17S/c1-9(2)10-5-7-11(8-6-10)12(3)4/h5-9H,1-4H3/q+1. The van der Waals surface area contributed by atoms with Crippen LogP contribution in [0.2, 0.25) is 0 Å². The average Bonchev–Trinajstić information content (AvgIpc) is 2.04. The Kier molecular flexibility index (Phi) is 3.21. The first-order valence-corrected chi connectivity index (χ1v) is 6.33. The summed E-state index contributed by atoms with van der Waals surface area (Å²) in [6.07, 6.45) is 4.51. The topological polar surface area (TPSA) is 0 Å². The van der Waals surface area contributed by atoms with Gasteiger partial charge >= 0.3 is 0 Å². The van der Waals surface area contributed by atoms with E-state index in [9.17, 15) is 0 Å². The van der Waals surface area contributed by atoms with Gasteiger partial charge in [0.05, 0.1) is 0 Å². The van der Waals surface area contributed by atoms with Gasteiger partial charge < -0.3 is 0 Å². The predicted molar refractivity (Wildman–Crippen MR) is 58.0 cm³/mol. The van der Waals surface area contributed by atoms with Gasteiger partial charge in [-0.2, -0.15) is 0 Å². The molecule has 0 N–H and O–H groups in total. The fourth-order valence-electron chi connectivity index (χ4n) is 1.12. The quantitative estimate of drug-likeness (QED) is 0.615. The van der Waals surface area contributed by atoms with E-state index in [0.29, 0.717) is 16.8 Å². The van der Waals surface area contributed by atoms with Gasteiger partial charge in [0.15, 0.2) is 4.90 Å². The lowest BCUT2D eigenvalue weighted by Gasteiger charge is -2.04. The molecule has 1 rings (SSSR count). The summed E-state index contributed by atoms with van der Waals surface area (Å²) in [5.74, 6) is 0.648. The zero-order chi connectivity index (χ0) is 9.14. The van der Waals surface area contributed by atoms with E-state index in [4.69, 9.17) is 0 Å². The van der Waals surface area contributed by atoms with E-state index in [1.165, 1.54) is 10.5 Å². The maximum absolute atomic E-state index is 2.25.